The van der Waals surface area contributed by atoms with E-state index in [9.17, 15) is 4.79 Å². The summed E-state index contributed by atoms with van der Waals surface area (Å²) < 4.78 is 1.71. The van der Waals surface area contributed by atoms with Crippen LogP contribution < -0.4 is 11.1 Å². The molecule has 1 amide bonds. The molecule has 0 aliphatic heterocycles. The van der Waals surface area contributed by atoms with Gasteiger partial charge in [-0.2, -0.15) is 5.10 Å². The number of nitrogens with zero attached hydrogens (tertiary/aromatic N) is 2. The number of amides is 1. The Labute approximate surface area is 111 Å². The van der Waals surface area contributed by atoms with Gasteiger partial charge in [0.15, 0.2) is 0 Å². The molecule has 5 nitrogen and oxygen atoms in total. The van der Waals surface area contributed by atoms with Crippen molar-refractivity contribution < 1.29 is 4.79 Å². The van der Waals surface area contributed by atoms with E-state index in [2.05, 4.69) is 10.4 Å². The zero-order chi connectivity index (χ0) is 13.3. The van der Waals surface area contributed by atoms with E-state index in [1.54, 1.807) is 10.7 Å². The number of fused-ring (bicyclic) bond motifs is 1. The Bertz CT molecular complexity index is 595. The minimum Gasteiger partial charge on any atom is -0.351 e. The Kier molecular flexibility index (Phi) is 2.98. The van der Waals surface area contributed by atoms with E-state index in [0.29, 0.717) is 18.7 Å². The molecule has 0 bridgehead atoms. The number of aromatic nitrogens is 2. The van der Waals surface area contributed by atoms with E-state index in [1.807, 2.05) is 24.4 Å². The summed E-state index contributed by atoms with van der Waals surface area (Å²) in [7, 11) is 0. The van der Waals surface area contributed by atoms with E-state index in [4.69, 9.17) is 5.73 Å². The Morgan fingerprint density at radius 1 is 1.47 bits per heavy atom. The Hall–Kier alpha value is -1.88. The van der Waals surface area contributed by atoms with Crippen molar-refractivity contribution in [2.45, 2.75) is 19.3 Å². The van der Waals surface area contributed by atoms with Crippen LogP contribution in [0.2, 0.25) is 0 Å². The summed E-state index contributed by atoms with van der Waals surface area (Å²) in [5.41, 5.74) is 7.42. The van der Waals surface area contributed by atoms with Crippen molar-refractivity contribution in [2.24, 2.45) is 11.1 Å². The second-order valence-corrected chi connectivity index (χ2v) is 5.32. The van der Waals surface area contributed by atoms with E-state index in [0.717, 1.165) is 18.4 Å². The predicted octanol–water partition coefficient (Wildman–Crippen LogP) is 1.19. The molecule has 1 fully saturated rings. The Balaban J connectivity index is 1.75. The molecule has 5 heteroatoms. The summed E-state index contributed by atoms with van der Waals surface area (Å²) >= 11 is 0. The van der Waals surface area contributed by atoms with Crippen LogP contribution in [-0.4, -0.2) is 28.6 Å². The van der Waals surface area contributed by atoms with Crippen LogP contribution in [0.3, 0.4) is 0 Å². The first-order chi connectivity index (χ1) is 9.24. The summed E-state index contributed by atoms with van der Waals surface area (Å²) in [4.78, 5) is 12.3. The van der Waals surface area contributed by atoms with Gasteiger partial charge < -0.3 is 11.1 Å². The predicted molar refractivity (Wildman–Crippen MR) is 72.9 cm³/mol. The lowest BCUT2D eigenvalue weighted by molar-refractivity contribution is 0.0877. The lowest BCUT2D eigenvalue weighted by Crippen LogP contribution is -2.46. The second-order valence-electron chi connectivity index (χ2n) is 5.32. The molecule has 0 aromatic carbocycles. The highest BCUT2D eigenvalue weighted by atomic mass is 16.1. The molecular formula is C14H18N4O. The fourth-order valence-corrected chi connectivity index (χ4v) is 2.64. The van der Waals surface area contributed by atoms with Crippen LogP contribution >= 0.6 is 0 Å². The van der Waals surface area contributed by atoms with Crippen LogP contribution in [0.5, 0.6) is 0 Å². The highest BCUT2D eigenvalue weighted by molar-refractivity contribution is 6.00. The minimum absolute atomic E-state index is 0.0502. The largest absolute Gasteiger partial charge is 0.351 e. The van der Waals surface area contributed by atoms with Gasteiger partial charge in [0.1, 0.15) is 0 Å². The molecule has 0 saturated heterocycles. The maximum absolute atomic E-state index is 12.3. The molecule has 1 aliphatic carbocycles. The molecule has 0 atom stereocenters. The number of carbonyl (C=O) groups is 1. The van der Waals surface area contributed by atoms with Gasteiger partial charge in [-0.25, -0.2) is 4.52 Å². The molecule has 1 saturated carbocycles. The molecule has 2 aromatic heterocycles. The molecule has 100 valence electrons. The van der Waals surface area contributed by atoms with Gasteiger partial charge >= 0.3 is 0 Å². The van der Waals surface area contributed by atoms with Crippen molar-refractivity contribution in [1.29, 1.82) is 0 Å². The summed E-state index contributed by atoms with van der Waals surface area (Å²) in [6, 6.07) is 5.50. The zero-order valence-corrected chi connectivity index (χ0v) is 10.8. The van der Waals surface area contributed by atoms with E-state index >= 15 is 0 Å². The van der Waals surface area contributed by atoms with Gasteiger partial charge in [0.25, 0.3) is 5.91 Å². The second kappa shape index (κ2) is 4.66. The molecule has 0 unspecified atom stereocenters. The number of hydrogen-bond donors (Lipinski definition) is 2. The van der Waals surface area contributed by atoms with Crippen LogP contribution in [0.4, 0.5) is 0 Å². The highest BCUT2D eigenvalue weighted by Gasteiger charge is 2.35. The topological polar surface area (TPSA) is 72.4 Å². The van der Waals surface area contributed by atoms with Gasteiger partial charge in [0.05, 0.1) is 17.3 Å². The molecular weight excluding hydrogens is 240 g/mol. The van der Waals surface area contributed by atoms with E-state index in [1.165, 1.54) is 6.42 Å². The van der Waals surface area contributed by atoms with Crippen LogP contribution in [-0.2, 0) is 0 Å². The summed E-state index contributed by atoms with van der Waals surface area (Å²) in [5, 5.41) is 7.15. The molecule has 0 radical (unpaired) electrons. The summed E-state index contributed by atoms with van der Waals surface area (Å²) in [6.45, 7) is 1.31. The van der Waals surface area contributed by atoms with Gasteiger partial charge in [-0.05, 0) is 43.0 Å². The highest BCUT2D eigenvalue weighted by Crippen LogP contribution is 2.39. The fourth-order valence-electron chi connectivity index (χ4n) is 2.64. The number of nitrogens with one attached hydrogen (secondary N) is 1. The molecule has 2 heterocycles. The monoisotopic (exact) mass is 258 g/mol. The van der Waals surface area contributed by atoms with Crippen molar-refractivity contribution in [2.75, 3.05) is 13.1 Å². The number of nitrogens with two attached hydrogens (primary N) is 1. The fraction of sp³-hybridized carbons (Fsp3) is 0.429. The number of carbonyl (C=O) groups excluding carboxylic acids is 1. The lowest BCUT2D eigenvalue weighted by Gasteiger charge is -2.41. The Morgan fingerprint density at radius 2 is 2.32 bits per heavy atom. The van der Waals surface area contributed by atoms with E-state index in [-0.39, 0.29) is 11.3 Å². The van der Waals surface area contributed by atoms with E-state index < -0.39 is 0 Å². The van der Waals surface area contributed by atoms with Crippen molar-refractivity contribution >= 4 is 11.4 Å². The van der Waals surface area contributed by atoms with Crippen molar-refractivity contribution in [3.63, 3.8) is 0 Å². The van der Waals surface area contributed by atoms with Crippen molar-refractivity contribution in [3.05, 3.63) is 36.2 Å². The first-order valence-electron chi connectivity index (χ1n) is 6.65. The molecule has 19 heavy (non-hydrogen) atoms. The van der Waals surface area contributed by atoms with Gasteiger partial charge in [-0.3, -0.25) is 4.79 Å². The standard InChI is InChI=1S/C14H18N4O/c15-9-14(5-2-6-14)10-16-13(19)11-3-1-8-18-12(11)4-7-17-18/h1,3-4,7-8H,2,5-6,9-10,15H2,(H,16,19). The van der Waals surface area contributed by atoms with Gasteiger partial charge in [-0.15, -0.1) is 0 Å². The quantitative estimate of drug-likeness (QED) is 0.865. The summed E-state index contributed by atoms with van der Waals surface area (Å²) in [6.07, 6.45) is 6.96. The van der Waals surface area contributed by atoms with Crippen LogP contribution in [0.1, 0.15) is 29.6 Å². The van der Waals surface area contributed by atoms with Gasteiger partial charge in [-0.1, -0.05) is 6.42 Å². The first-order valence-corrected chi connectivity index (χ1v) is 6.65. The van der Waals surface area contributed by atoms with Gasteiger partial charge in [0.2, 0.25) is 0 Å². The van der Waals surface area contributed by atoms with Crippen LogP contribution in [0.25, 0.3) is 5.52 Å². The molecule has 3 N–H and O–H groups in total. The third kappa shape index (κ3) is 2.10. The van der Waals surface area contributed by atoms with Crippen molar-refractivity contribution in [3.8, 4) is 0 Å². The lowest BCUT2D eigenvalue weighted by atomic mass is 9.69. The number of rotatable bonds is 4. The molecule has 3 rings (SSSR count). The average Bonchev–Trinajstić information content (AvgIpc) is 2.85. The average molecular weight is 258 g/mol. The minimum atomic E-state index is -0.0502. The Morgan fingerprint density at radius 3 is 3.00 bits per heavy atom. The first kappa shape index (κ1) is 12.2. The molecule has 1 aliphatic rings. The molecule has 0 spiro atoms. The maximum atomic E-state index is 12.3. The third-order valence-electron chi connectivity index (χ3n) is 4.15. The normalized spacial score (nSPS) is 17.1. The maximum Gasteiger partial charge on any atom is 0.253 e. The smallest absolute Gasteiger partial charge is 0.253 e. The van der Waals surface area contributed by atoms with Crippen LogP contribution in [0.15, 0.2) is 30.6 Å². The zero-order valence-electron chi connectivity index (χ0n) is 10.8. The van der Waals surface area contributed by atoms with Crippen LogP contribution in [0, 0.1) is 5.41 Å². The SMILES string of the molecule is NCC1(CNC(=O)c2cccn3nccc23)CCC1. The molecule has 2 aromatic rings. The van der Waals surface area contributed by atoms with Crippen molar-refractivity contribution in [1.82, 2.24) is 14.9 Å². The number of hydrogen-bond acceptors (Lipinski definition) is 3. The van der Waals surface area contributed by atoms with Gasteiger partial charge in [0, 0.05) is 12.7 Å². The summed E-state index contributed by atoms with van der Waals surface area (Å²) in [5.74, 6) is -0.0502. The number of pyridine rings is 1. The third-order valence-corrected chi connectivity index (χ3v) is 4.15.